The highest BCUT2D eigenvalue weighted by molar-refractivity contribution is 5.40. The van der Waals surface area contributed by atoms with Crippen LogP contribution in [0.15, 0.2) is 23.8 Å². The summed E-state index contributed by atoms with van der Waals surface area (Å²) in [6.45, 7) is 3.92. The molecule has 0 nitrogen and oxygen atoms in total. The summed E-state index contributed by atoms with van der Waals surface area (Å²) in [4.78, 5) is 0. The van der Waals surface area contributed by atoms with Crippen molar-refractivity contribution in [3.05, 3.63) is 46.3 Å². The van der Waals surface area contributed by atoms with Crippen LogP contribution in [0.4, 0.5) is 4.39 Å². The van der Waals surface area contributed by atoms with E-state index in [1.807, 2.05) is 19.1 Å². The van der Waals surface area contributed by atoms with Gasteiger partial charge in [-0.05, 0) is 43.4 Å². The van der Waals surface area contributed by atoms with Crippen molar-refractivity contribution in [2.75, 3.05) is 0 Å². The lowest BCUT2D eigenvalue weighted by atomic mass is 9.90. The third-order valence-corrected chi connectivity index (χ3v) is 2.66. The van der Waals surface area contributed by atoms with Crippen molar-refractivity contribution >= 4 is 0 Å². The Labute approximate surface area is 78.1 Å². The highest BCUT2D eigenvalue weighted by Crippen LogP contribution is 2.24. The number of benzene rings is 1. The zero-order chi connectivity index (χ0) is 9.42. The summed E-state index contributed by atoms with van der Waals surface area (Å²) in [5.41, 5.74) is 4.15. The molecule has 13 heavy (non-hydrogen) atoms. The predicted octanol–water partition coefficient (Wildman–Crippen LogP) is 3.18. The lowest BCUT2D eigenvalue weighted by Crippen LogP contribution is -2.05. The Morgan fingerprint density at radius 3 is 2.77 bits per heavy atom. The molecule has 0 unspecified atom stereocenters. The Morgan fingerprint density at radius 2 is 2.00 bits per heavy atom. The second-order valence-corrected chi connectivity index (χ2v) is 3.77. The molecular weight excluding hydrogens is 163 g/mol. The Bertz CT molecular complexity index is 375. The zero-order valence-electron chi connectivity index (χ0n) is 8.02. The number of hydrogen-bond donors (Lipinski definition) is 0. The van der Waals surface area contributed by atoms with Crippen LogP contribution in [0.3, 0.4) is 0 Å². The summed E-state index contributed by atoms with van der Waals surface area (Å²) in [5.74, 6) is -0.0127. The first kappa shape index (κ1) is 8.49. The molecule has 0 aromatic heterocycles. The molecule has 0 fully saturated rings. The van der Waals surface area contributed by atoms with Gasteiger partial charge in [0.15, 0.2) is 0 Å². The number of allylic oxidation sites excluding steroid dienone is 2. The van der Waals surface area contributed by atoms with Crippen LogP contribution in [0, 0.1) is 12.7 Å². The van der Waals surface area contributed by atoms with Crippen LogP contribution in [0.1, 0.15) is 23.6 Å². The molecule has 0 heterocycles. The van der Waals surface area contributed by atoms with Gasteiger partial charge < -0.3 is 0 Å². The predicted molar refractivity (Wildman–Crippen MR) is 52.3 cm³/mol. The van der Waals surface area contributed by atoms with Crippen LogP contribution in [-0.2, 0) is 12.8 Å². The van der Waals surface area contributed by atoms with Gasteiger partial charge in [-0.2, -0.15) is 0 Å². The van der Waals surface area contributed by atoms with Crippen molar-refractivity contribution in [2.45, 2.75) is 26.7 Å². The van der Waals surface area contributed by atoms with Crippen molar-refractivity contribution in [1.29, 1.82) is 0 Å². The zero-order valence-corrected chi connectivity index (χ0v) is 8.02. The lowest BCUT2D eigenvalue weighted by molar-refractivity contribution is 0.601. The Morgan fingerprint density at radius 1 is 1.23 bits per heavy atom. The Hall–Kier alpha value is -1.11. The molecule has 0 atom stereocenters. The average molecular weight is 176 g/mol. The molecule has 2 rings (SSSR count). The monoisotopic (exact) mass is 176 g/mol. The molecule has 1 aliphatic rings. The Kier molecular flexibility index (Phi) is 1.95. The molecule has 1 aromatic carbocycles. The number of rotatable bonds is 0. The molecule has 0 aliphatic heterocycles. The normalized spacial score (nSPS) is 15.2. The van der Waals surface area contributed by atoms with Gasteiger partial charge in [0.05, 0.1) is 0 Å². The number of aryl methyl sites for hydroxylation is 1. The minimum Gasteiger partial charge on any atom is -0.206 e. The van der Waals surface area contributed by atoms with Gasteiger partial charge in [-0.1, -0.05) is 23.8 Å². The number of fused-ring (bicyclic) bond motifs is 1. The Balaban J connectivity index is 2.53. The molecule has 1 aromatic rings. The summed E-state index contributed by atoms with van der Waals surface area (Å²) in [6, 6.07) is 3.91. The maximum Gasteiger partial charge on any atom is 0.129 e. The molecule has 0 amide bonds. The second-order valence-electron chi connectivity index (χ2n) is 3.77. The first-order valence-corrected chi connectivity index (χ1v) is 4.61. The maximum absolute atomic E-state index is 13.6. The topological polar surface area (TPSA) is 0 Å². The fourth-order valence-electron chi connectivity index (χ4n) is 1.81. The van der Waals surface area contributed by atoms with E-state index in [9.17, 15) is 4.39 Å². The SMILES string of the molecule is CC1=CCc2c(ccc(C)c2F)C1. The van der Waals surface area contributed by atoms with E-state index in [-0.39, 0.29) is 5.82 Å². The van der Waals surface area contributed by atoms with E-state index in [4.69, 9.17) is 0 Å². The molecule has 0 spiro atoms. The smallest absolute Gasteiger partial charge is 0.129 e. The van der Waals surface area contributed by atoms with Crippen LogP contribution >= 0.6 is 0 Å². The van der Waals surface area contributed by atoms with Gasteiger partial charge in [0.1, 0.15) is 5.82 Å². The number of halogens is 1. The van der Waals surface area contributed by atoms with Gasteiger partial charge in [-0.15, -0.1) is 0 Å². The summed E-state index contributed by atoms with van der Waals surface area (Å²) in [7, 11) is 0. The van der Waals surface area contributed by atoms with Crippen molar-refractivity contribution < 1.29 is 4.39 Å². The third-order valence-electron chi connectivity index (χ3n) is 2.66. The molecule has 1 aliphatic carbocycles. The summed E-state index contributed by atoms with van der Waals surface area (Å²) >= 11 is 0. The van der Waals surface area contributed by atoms with Crippen LogP contribution in [0.2, 0.25) is 0 Å². The highest BCUT2D eigenvalue weighted by atomic mass is 19.1. The van der Waals surface area contributed by atoms with E-state index in [1.54, 1.807) is 0 Å². The van der Waals surface area contributed by atoms with Crippen molar-refractivity contribution in [2.24, 2.45) is 0 Å². The van der Waals surface area contributed by atoms with Crippen molar-refractivity contribution in [3.8, 4) is 0 Å². The fourth-order valence-corrected chi connectivity index (χ4v) is 1.81. The standard InChI is InChI=1S/C12H13F/c1-8-3-6-11-10(7-8)5-4-9(2)12(11)13/h3-5H,6-7H2,1-2H3. The third kappa shape index (κ3) is 1.39. The summed E-state index contributed by atoms with van der Waals surface area (Å²) in [6.07, 6.45) is 3.78. The summed E-state index contributed by atoms with van der Waals surface area (Å²) in [5, 5.41) is 0. The van der Waals surface area contributed by atoms with Gasteiger partial charge >= 0.3 is 0 Å². The van der Waals surface area contributed by atoms with Gasteiger partial charge in [-0.3, -0.25) is 0 Å². The minimum absolute atomic E-state index is 0.0127. The van der Waals surface area contributed by atoms with E-state index in [0.29, 0.717) is 0 Å². The van der Waals surface area contributed by atoms with Crippen LogP contribution in [-0.4, -0.2) is 0 Å². The maximum atomic E-state index is 13.6. The molecular formula is C12H13F. The molecule has 0 saturated carbocycles. The quantitative estimate of drug-likeness (QED) is 0.532. The van der Waals surface area contributed by atoms with Gasteiger partial charge in [0.25, 0.3) is 0 Å². The van der Waals surface area contributed by atoms with Crippen LogP contribution < -0.4 is 0 Å². The molecule has 0 radical (unpaired) electrons. The number of hydrogen-bond acceptors (Lipinski definition) is 0. The lowest BCUT2D eigenvalue weighted by Gasteiger charge is -2.16. The highest BCUT2D eigenvalue weighted by Gasteiger charge is 2.13. The van der Waals surface area contributed by atoms with Gasteiger partial charge in [0, 0.05) is 0 Å². The molecule has 0 N–H and O–H groups in total. The van der Waals surface area contributed by atoms with E-state index in [1.165, 1.54) is 5.57 Å². The van der Waals surface area contributed by atoms with Gasteiger partial charge in [-0.25, -0.2) is 4.39 Å². The molecule has 1 heteroatoms. The fraction of sp³-hybridized carbons (Fsp3) is 0.333. The van der Waals surface area contributed by atoms with E-state index >= 15 is 0 Å². The van der Waals surface area contributed by atoms with Crippen LogP contribution in [0.5, 0.6) is 0 Å². The van der Waals surface area contributed by atoms with E-state index in [2.05, 4.69) is 13.0 Å². The first-order valence-electron chi connectivity index (χ1n) is 4.61. The van der Waals surface area contributed by atoms with Crippen molar-refractivity contribution in [1.82, 2.24) is 0 Å². The summed E-state index contributed by atoms with van der Waals surface area (Å²) < 4.78 is 13.6. The average Bonchev–Trinajstić information content (AvgIpc) is 2.12. The molecule has 0 bridgehead atoms. The second kappa shape index (κ2) is 2.99. The largest absolute Gasteiger partial charge is 0.206 e. The molecule has 68 valence electrons. The van der Waals surface area contributed by atoms with Crippen molar-refractivity contribution in [3.63, 3.8) is 0 Å². The minimum atomic E-state index is -0.0127. The van der Waals surface area contributed by atoms with Crippen LogP contribution in [0.25, 0.3) is 0 Å². The van der Waals surface area contributed by atoms with E-state index in [0.717, 1.165) is 29.5 Å². The van der Waals surface area contributed by atoms with E-state index < -0.39 is 0 Å². The first-order chi connectivity index (χ1) is 6.18. The van der Waals surface area contributed by atoms with Gasteiger partial charge in [0.2, 0.25) is 0 Å². The molecule has 0 saturated heterocycles.